The molecule has 0 heterocycles. The number of ether oxygens (including phenoxy) is 1. The van der Waals surface area contributed by atoms with Crippen LogP contribution in [-0.2, 0) is 16.6 Å². The molecule has 1 atom stereocenters. The van der Waals surface area contributed by atoms with Gasteiger partial charge in [-0.15, -0.1) is 0 Å². The lowest BCUT2D eigenvalue weighted by atomic mass is 10.2. The van der Waals surface area contributed by atoms with Gasteiger partial charge in [-0.2, -0.15) is 0 Å². The van der Waals surface area contributed by atoms with Crippen molar-refractivity contribution >= 4 is 28.1 Å². The maximum Gasteiger partial charge on any atom is 0.121 e. The number of nitrogen functional groups attached to an aromatic ring is 1. The summed E-state index contributed by atoms with van der Waals surface area (Å²) in [6.07, 6.45) is 0. The summed E-state index contributed by atoms with van der Waals surface area (Å²) in [5.74, 6) is 1.60. The van der Waals surface area contributed by atoms with E-state index in [0.29, 0.717) is 34.6 Å². The van der Waals surface area contributed by atoms with Crippen LogP contribution in [0.2, 0.25) is 5.02 Å². The minimum absolute atomic E-state index is 0.389. The van der Waals surface area contributed by atoms with Crippen molar-refractivity contribution in [2.45, 2.75) is 5.75 Å². The van der Waals surface area contributed by atoms with E-state index < -0.39 is 10.8 Å². The number of halogens is 1. The number of rotatable bonds is 6. The van der Waals surface area contributed by atoms with Gasteiger partial charge in [0.15, 0.2) is 0 Å². The molecule has 106 valence electrons. The van der Waals surface area contributed by atoms with Crippen LogP contribution in [0.5, 0.6) is 5.75 Å². The Morgan fingerprint density at radius 3 is 2.70 bits per heavy atom. The standard InChI is InChI=1S/C15H16ClNO2S/c16-15-7-2-1-4-12(15)11-20(18)9-8-19-14-6-3-5-13(17)10-14/h1-7,10H,8-9,11,17H2. The van der Waals surface area contributed by atoms with Crippen LogP contribution in [-0.4, -0.2) is 16.6 Å². The molecule has 0 saturated carbocycles. The van der Waals surface area contributed by atoms with E-state index in [1.807, 2.05) is 30.3 Å². The first-order valence-corrected chi connectivity index (χ1v) is 8.08. The van der Waals surface area contributed by atoms with Crippen LogP contribution in [0, 0.1) is 0 Å². The summed E-state index contributed by atoms with van der Waals surface area (Å²) in [5.41, 5.74) is 7.21. The first-order chi connectivity index (χ1) is 9.65. The van der Waals surface area contributed by atoms with Gasteiger partial charge in [-0.1, -0.05) is 35.9 Å². The van der Waals surface area contributed by atoms with E-state index in [1.165, 1.54) is 0 Å². The Labute approximate surface area is 126 Å². The molecule has 0 aliphatic heterocycles. The number of hydrogen-bond donors (Lipinski definition) is 1. The van der Waals surface area contributed by atoms with Crippen molar-refractivity contribution in [1.82, 2.24) is 0 Å². The van der Waals surface area contributed by atoms with Gasteiger partial charge in [-0.25, -0.2) is 0 Å². The van der Waals surface area contributed by atoms with Crippen LogP contribution in [0.15, 0.2) is 48.5 Å². The summed E-state index contributed by atoms with van der Waals surface area (Å²) >= 11 is 6.04. The summed E-state index contributed by atoms with van der Waals surface area (Å²) in [4.78, 5) is 0. The molecule has 0 aliphatic carbocycles. The normalized spacial score (nSPS) is 12.1. The van der Waals surface area contributed by atoms with Crippen molar-refractivity contribution in [2.24, 2.45) is 0 Å². The maximum absolute atomic E-state index is 12.0. The van der Waals surface area contributed by atoms with Gasteiger partial charge in [0.25, 0.3) is 0 Å². The molecule has 5 heteroatoms. The third-order valence-corrected chi connectivity index (χ3v) is 4.34. The van der Waals surface area contributed by atoms with Crippen LogP contribution in [0.4, 0.5) is 5.69 Å². The lowest BCUT2D eigenvalue weighted by molar-refractivity contribution is 0.343. The van der Waals surface area contributed by atoms with Crippen molar-refractivity contribution in [3.63, 3.8) is 0 Å². The molecular weight excluding hydrogens is 294 g/mol. The first-order valence-electron chi connectivity index (χ1n) is 6.22. The molecule has 0 saturated heterocycles. The van der Waals surface area contributed by atoms with E-state index in [1.54, 1.807) is 18.2 Å². The number of anilines is 1. The molecule has 2 rings (SSSR count). The molecule has 0 aromatic heterocycles. The average molecular weight is 310 g/mol. The monoisotopic (exact) mass is 309 g/mol. The molecule has 3 nitrogen and oxygen atoms in total. The molecule has 2 aromatic rings. The summed E-state index contributed by atoms with van der Waals surface area (Å²) in [5, 5.41) is 0.651. The van der Waals surface area contributed by atoms with Crippen LogP contribution in [0.1, 0.15) is 5.56 Å². The van der Waals surface area contributed by atoms with Gasteiger partial charge in [0.05, 0.1) is 18.1 Å². The van der Waals surface area contributed by atoms with Crippen LogP contribution >= 0.6 is 11.6 Å². The van der Waals surface area contributed by atoms with Gasteiger partial charge in [0.2, 0.25) is 0 Å². The Morgan fingerprint density at radius 2 is 1.95 bits per heavy atom. The first kappa shape index (κ1) is 14.9. The number of benzene rings is 2. The Morgan fingerprint density at radius 1 is 1.15 bits per heavy atom. The largest absolute Gasteiger partial charge is 0.493 e. The molecule has 0 spiro atoms. The van der Waals surface area contributed by atoms with Crippen molar-refractivity contribution in [3.05, 3.63) is 59.1 Å². The van der Waals surface area contributed by atoms with Gasteiger partial charge in [0, 0.05) is 27.6 Å². The highest BCUT2D eigenvalue weighted by molar-refractivity contribution is 7.84. The molecule has 2 aromatic carbocycles. The second-order valence-corrected chi connectivity index (χ2v) is 6.28. The Bertz CT molecular complexity index is 604. The van der Waals surface area contributed by atoms with E-state index in [4.69, 9.17) is 22.1 Å². The lowest BCUT2D eigenvalue weighted by Gasteiger charge is -2.07. The molecule has 1 unspecified atom stereocenters. The highest BCUT2D eigenvalue weighted by Gasteiger charge is 2.05. The van der Waals surface area contributed by atoms with Gasteiger partial charge in [0.1, 0.15) is 5.75 Å². The molecule has 0 fully saturated rings. The highest BCUT2D eigenvalue weighted by Crippen LogP contribution is 2.17. The fourth-order valence-electron chi connectivity index (χ4n) is 1.72. The second-order valence-electron chi connectivity index (χ2n) is 4.30. The minimum atomic E-state index is -1.00. The second kappa shape index (κ2) is 7.31. The maximum atomic E-state index is 12.0. The smallest absolute Gasteiger partial charge is 0.121 e. The fraction of sp³-hybridized carbons (Fsp3) is 0.200. The van der Waals surface area contributed by atoms with Gasteiger partial charge in [-0.05, 0) is 23.8 Å². The van der Waals surface area contributed by atoms with Crippen molar-refractivity contribution in [2.75, 3.05) is 18.1 Å². The lowest BCUT2D eigenvalue weighted by Crippen LogP contribution is -2.10. The highest BCUT2D eigenvalue weighted by atomic mass is 35.5. The summed E-state index contributed by atoms with van der Waals surface area (Å²) < 4.78 is 17.5. The molecule has 20 heavy (non-hydrogen) atoms. The molecular formula is C15H16ClNO2S. The van der Waals surface area contributed by atoms with Crippen LogP contribution in [0.3, 0.4) is 0 Å². The third-order valence-electron chi connectivity index (χ3n) is 2.71. The SMILES string of the molecule is Nc1cccc(OCCS(=O)Cc2ccccc2Cl)c1. The van der Waals surface area contributed by atoms with E-state index in [0.717, 1.165) is 5.56 Å². The fourth-order valence-corrected chi connectivity index (χ4v) is 3.01. The van der Waals surface area contributed by atoms with Crippen LogP contribution in [0.25, 0.3) is 0 Å². The third kappa shape index (κ3) is 4.54. The van der Waals surface area contributed by atoms with E-state index in [-0.39, 0.29) is 0 Å². The zero-order valence-electron chi connectivity index (χ0n) is 10.9. The summed E-state index contributed by atoms with van der Waals surface area (Å²) in [7, 11) is -1.00. The van der Waals surface area contributed by atoms with Crippen molar-refractivity contribution in [1.29, 1.82) is 0 Å². The topological polar surface area (TPSA) is 52.3 Å². The zero-order valence-corrected chi connectivity index (χ0v) is 12.5. The average Bonchev–Trinajstić information content (AvgIpc) is 2.41. The van der Waals surface area contributed by atoms with Crippen LogP contribution < -0.4 is 10.5 Å². The molecule has 0 radical (unpaired) electrons. The summed E-state index contributed by atoms with van der Waals surface area (Å²) in [6, 6.07) is 14.6. The number of hydrogen-bond acceptors (Lipinski definition) is 3. The molecule has 0 aliphatic rings. The van der Waals surface area contributed by atoms with Gasteiger partial charge < -0.3 is 10.5 Å². The predicted octanol–water partition coefficient (Wildman–Crippen LogP) is 3.25. The van der Waals surface area contributed by atoms with E-state index in [9.17, 15) is 4.21 Å². The van der Waals surface area contributed by atoms with Crippen molar-refractivity contribution in [3.8, 4) is 5.75 Å². The zero-order chi connectivity index (χ0) is 14.4. The predicted molar refractivity (Wildman–Crippen MR) is 84.5 cm³/mol. The molecule has 2 N–H and O–H groups in total. The Kier molecular flexibility index (Phi) is 5.44. The quantitative estimate of drug-likeness (QED) is 0.833. The summed E-state index contributed by atoms with van der Waals surface area (Å²) in [6.45, 7) is 0.389. The van der Waals surface area contributed by atoms with E-state index >= 15 is 0 Å². The van der Waals surface area contributed by atoms with E-state index in [2.05, 4.69) is 0 Å². The van der Waals surface area contributed by atoms with Gasteiger partial charge in [-0.3, -0.25) is 4.21 Å². The van der Waals surface area contributed by atoms with Crippen molar-refractivity contribution < 1.29 is 8.95 Å². The molecule has 0 bridgehead atoms. The number of nitrogens with two attached hydrogens (primary N) is 1. The Hall–Kier alpha value is -1.52. The minimum Gasteiger partial charge on any atom is -0.493 e. The van der Waals surface area contributed by atoms with Gasteiger partial charge >= 0.3 is 0 Å². The molecule has 0 amide bonds. The Balaban J connectivity index is 1.80.